The molecule has 4 aromatic carbocycles. The van der Waals surface area contributed by atoms with Gasteiger partial charge in [-0.3, -0.25) is 0 Å². The molecule has 2 heterocycles. The van der Waals surface area contributed by atoms with Crippen molar-refractivity contribution in [2.75, 3.05) is 0 Å². The van der Waals surface area contributed by atoms with Gasteiger partial charge in [0.1, 0.15) is 0 Å². The topological polar surface area (TPSA) is 26.3 Å². The molecule has 6 aromatic rings. The van der Waals surface area contributed by atoms with Gasteiger partial charge in [-0.05, 0) is 0 Å². The minimum atomic E-state index is -5.63. The second-order valence-corrected chi connectivity index (χ2v) is 71.4. The molecule has 0 spiro atoms. The fourth-order valence-electron chi connectivity index (χ4n) is 10.9. The second kappa shape index (κ2) is 17.8. The number of rotatable bonds is 10. The van der Waals surface area contributed by atoms with Crippen LogP contribution in [-0.4, -0.2) is 21.6 Å². The molecule has 2 atom stereocenters. The first-order valence-electron chi connectivity index (χ1n) is 23.0. The van der Waals surface area contributed by atoms with Crippen LogP contribution in [0.4, 0.5) is 0 Å². The third-order valence-electron chi connectivity index (χ3n) is 14.4. The van der Waals surface area contributed by atoms with Crippen molar-refractivity contribution in [3.8, 4) is 22.3 Å². The van der Waals surface area contributed by atoms with Gasteiger partial charge in [0.05, 0.1) is 0 Å². The van der Waals surface area contributed by atoms with Gasteiger partial charge in [-0.15, -0.1) is 0 Å². The van der Waals surface area contributed by atoms with E-state index < -0.39 is 36.6 Å². The molecular formula is C54H60Cl6O2Si3Zr. The standard InChI is InChI=1S/2C26H27Cl2OSi.C2H6Si.2ClH.Zr/c2*1-7-17-8-9-18-11-19(24-10-15(2)16(3)29-24)12-21(18)25(17)20-13-22(27)26(23(28)14-20)30(4,5)6;1-3-2;;;/h2*8-14H,7H2,1-6H3;1-2H3;2*1H;/q;;;;;+2/p-2. The third kappa shape index (κ3) is 8.23. The maximum absolute atomic E-state index is 9.15. The SMILES string of the molecule is CCc1ccc2c(c1-c1cc(Cl)c([Si](C)(C)C)c(Cl)c1)C=C(c1cc(C)c(C)o1)[CH]2[Zr]([Cl])([Cl])([CH]1C(c2cc(C)c(C)o2)=Cc2c1ccc(CC)c2-c1cc(Cl)c([Si](C)(C)C)c(Cl)c1)=[Si](C)C. The Hall–Kier alpha value is -1.81. The van der Waals surface area contributed by atoms with Gasteiger partial charge in [0.2, 0.25) is 0 Å². The summed E-state index contributed by atoms with van der Waals surface area (Å²) in [5, 5.41) is 4.98. The van der Waals surface area contributed by atoms with Crippen molar-refractivity contribution >= 4 is 119 Å². The number of furan rings is 2. The molecule has 0 amide bonds. The van der Waals surface area contributed by atoms with E-state index in [4.69, 9.17) is 72.3 Å². The fourth-order valence-corrected chi connectivity index (χ4v) is 46.1. The molecule has 0 N–H and O–H groups in total. The molecular weight excluding hydrogens is 1070 g/mol. The van der Waals surface area contributed by atoms with E-state index in [1.807, 2.05) is 13.8 Å². The number of benzene rings is 4. The zero-order valence-corrected chi connectivity index (χ0v) is 50.6. The summed E-state index contributed by atoms with van der Waals surface area (Å²) >= 11 is 23.3. The van der Waals surface area contributed by atoms with E-state index in [-0.39, 0.29) is 7.25 Å². The van der Waals surface area contributed by atoms with Gasteiger partial charge in [0, 0.05) is 0 Å². The molecule has 0 bridgehead atoms. The molecule has 2 aromatic heterocycles. The van der Waals surface area contributed by atoms with Crippen LogP contribution in [0.5, 0.6) is 0 Å². The first-order valence-corrected chi connectivity index (χ1v) is 46.9. The van der Waals surface area contributed by atoms with Crippen LogP contribution < -0.4 is 10.4 Å². The predicted octanol–water partition coefficient (Wildman–Crippen LogP) is 18.4. The Balaban J connectivity index is 1.48. The van der Waals surface area contributed by atoms with Crippen LogP contribution in [-0.2, 0) is 27.9 Å². The molecule has 8 rings (SSSR count). The molecule has 2 aliphatic carbocycles. The van der Waals surface area contributed by atoms with Crippen LogP contribution in [0.15, 0.2) is 69.5 Å². The fraction of sp³-hybridized carbons (Fsp3) is 0.333. The molecule has 0 saturated carbocycles. The van der Waals surface area contributed by atoms with Crippen LogP contribution in [0.2, 0.25) is 72.5 Å². The van der Waals surface area contributed by atoms with Gasteiger partial charge >= 0.3 is 427 Å². The van der Waals surface area contributed by atoms with E-state index in [9.17, 15) is 0 Å². The Labute approximate surface area is 422 Å². The van der Waals surface area contributed by atoms with Crippen molar-refractivity contribution < 1.29 is 23.8 Å². The Morgan fingerprint density at radius 2 is 0.879 bits per heavy atom. The zero-order valence-electron chi connectivity index (χ0n) is 40.6. The molecule has 0 aliphatic heterocycles. The van der Waals surface area contributed by atoms with E-state index in [1.54, 1.807) is 0 Å². The Morgan fingerprint density at radius 3 is 1.14 bits per heavy atom. The van der Waals surface area contributed by atoms with Gasteiger partial charge in [-0.25, -0.2) is 0 Å². The molecule has 12 heteroatoms. The molecule has 0 fully saturated rings. The predicted molar refractivity (Wildman–Crippen MR) is 295 cm³/mol. The Kier molecular flexibility index (Phi) is 13.6. The van der Waals surface area contributed by atoms with E-state index in [2.05, 4.69) is 153 Å². The molecule has 2 unspecified atom stereocenters. The second-order valence-electron chi connectivity index (χ2n) is 21.0. The summed E-state index contributed by atoms with van der Waals surface area (Å²) in [6.45, 7) is 31.0. The molecule has 0 radical (unpaired) electrons. The molecule has 0 saturated heterocycles. The van der Waals surface area contributed by atoms with Crippen molar-refractivity contribution in [2.24, 2.45) is 0 Å². The van der Waals surface area contributed by atoms with Gasteiger partial charge < -0.3 is 0 Å². The van der Waals surface area contributed by atoms with E-state index in [0.717, 1.165) is 113 Å². The summed E-state index contributed by atoms with van der Waals surface area (Å²) in [7, 11) is 14.6. The third-order valence-corrected chi connectivity index (χ3v) is 66.6. The van der Waals surface area contributed by atoms with Crippen molar-refractivity contribution in [2.45, 2.75) is 114 Å². The van der Waals surface area contributed by atoms with Crippen LogP contribution >= 0.6 is 63.4 Å². The van der Waals surface area contributed by atoms with Crippen LogP contribution in [0.1, 0.15) is 88.6 Å². The van der Waals surface area contributed by atoms with Crippen LogP contribution in [0.3, 0.4) is 0 Å². The molecule has 2 nitrogen and oxygen atoms in total. The summed E-state index contributed by atoms with van der Waals surface area (Å²) in [5.41, 5.74) is 13.7. The summed E-state index contributed by atoms with van der Waals surface area (Å²) in [4.78, 5) is 0. The van der Waals surface area contributed by atoms with E-state index in [0.29, 0.717) is 20.1 Å². The van der Waals surface area contributed by atoms with Gasteiger partial charge in [0.25, 0.3) is 0 Å². The quantitative estimate of drug-likeness (QED) is 0.128. The average molecular weight is 1130 g/mol. The Morgan fingerprint density at radius 1 is 0.545 bits per heavy atom. The van der Waals surface area contributed by atoms with Crippen molar-refractivity contribution in [1.82, 2.24) is 0 Å². The summed E-state index contributed by atoms with van der Waals surface area (Å²) in [6.07, 6.45) is 6.29. The number of allylic oxidation sites excluding steroid dienone is 2. The number of hydrogen-bond donors (Lipinski definition) is 0. The summed E-state index contributed by atoms with van der Waals surface area (Å²) in [6, 6.07) is 22.0. The maximum atomic E-state index is 9.15. The monoisotopic (exact) mass is 1120 g/mol. The zero-order chi connectivity index (χ0) is 48.3. The number of halogens is 6. The molecule has 66 heavy (non-hydrogen) atoms. The first-order chi connectivity index (χ1) is 30.7. The number of hydrogen-bond acceptors (Lipinski definition) is 2. The van der Waals surface area contributed by atoms with E-state index in [1.165, 1.54) is 11.1 Å². The van der Waals surface area contributed by atoms with Crippen LogP contribution in [0, 0.1) is 27.7 Å². The van der Waals surface area contributed by atoms with Crippen molar-refractivity contribution in [3.63, 3.8) is 0 Å². The van der Waals surface area contributed by atoms with Crippen LogP contribution in [0.25, 0.3) is 45.6 Å². The Bertz CT molecular complexity index is 2880. The minimum absolute atomic E-state index is 0.346. The average Bonchev–Trinajstić information content (AvgIpc) is 3.98. The first kappa shape index (κ1) is 50.6. The van der Waals surface area contributed by atoms with Gasteiger partial charge in [-0.1, -0.05) is 0 Å². The normalized spacial score (nSPS) is 16.4. The van der Waals surface area contributed by atoms with Gasteiger partial charge in [-0.2, -0.15) is 0 Å². The molecule has 346 valence electrons. The molecule has 2 aliphatic rings. The summed E-state index contributed by atoms with van der Waals surface area (Å²) in [5.74, 6) is 3.34. The van der Waals surface area contributed by atoms with E-state index >= 15 is 0 Å². The summed E-state index contributed by atoms with van der Waals surface area (Å²) < 4.78 is 12.8. The van der Waals surface area contributed by atoms with Crippen molar-refractivity contribution in [1.29, 1.82) is 0 Å². The van der Waals surface area contributed by atoms with Crippen molar-refractivity contribution in [3.05, 3.63) is 148 Å². The number of fused-ring (bicyclic) bond motifs is 2. The number of aryl methyl sites for hydroxylation is 6. The van der Waals surface area contributed by atoms with Gasteiger partial charge in [0.15, 0.2) is 0 Å².